The molecular formula is C23H23Cl2N3O3. The van der Waals surface area contributed by atoms with Crippen molar-refractivity contribution in [3.05, 3.63) is 97.8 Å². The first-order chi connectivity index (χ1) is 14.9. The first-order valence-corrected chi connectivity index (χ1v) is 10.8. The lowest BCUT2D eigenvalue weighted by Gasteiger charge is -2.24. The van der Waals surface area contributed by atoms with Crippen LogP contribution in [0.5, 0.6) is 0 Å². The molecule has 2 aromatic carbocycles. The second-order valence-electron chi connectivity index (χ2n) is 7.22. The SMILES string of the molecule is CCCCN(Cc1cccn1Cc1ccccc1Cl)C(=O)c1ccc([N+](=O)[O-])cc1Cl. The molecule has 162 valence electrons. The van der Waals surface area contributed by atoms with Crippen molar-refractivity contribution in [3.8, 4) is 0 Å². The zero-order chi connectivity index (χ0) is 22.4. The molecule has 0 fully saturated rings. The van der Waals surface area contributed by atoms with Crippen molar-refractivity contribution in [2.75, 3.05) is 6.54 Å². The van der Waals surface area contributed by atoms with E-state index < -0.39 is 4.92 Å². The molecule has 31 heavy (non-hydrogen) atoms. The van der Waals surface area contributed by atoms with E-state index in [-0.39, 0.29) is 22.2 Å². The Morgan fingerprint density at radius 3 is 2.55 bits per heavy atom. The van der Waals surface area contributed by atoms with Crippen LogP contribution in [-0.2, 0) is 13.1 Å². The molecule has 1 aromatic heterocycles. The second kappa shape index (κ2) is 10.5. The Balaban J connectivity index is 1.84. The lowest BCUT2D eigenvalue weighted by Crippen LogP contribution is -2.32. The lowest BCUT2D eigenvalue weighted by atomic mass is 10.1. The monoisotopic (exact) mass is 459 g/mol. The summed E-state index contributed by atoms with van der Waals surface area (Å²) in [6, 6.07) is 15.5. The Morgan fingerprint density at radius 2 is 1.87 bits per heavy atom. The highest BCUT2D eigenvalue weighted by Gasteiger charge is 2.21. The molecule has 0 aliphatic heterocycles. The number of hydrogen-bond donors (Lipinski definition) is 0. The van der Waals surface area contributed by atoms with Crippen LogP contribution < -0.4 is 0 Å². The average molecular weight is 460 g/mol. The predicted octanol–water partition coefficient (Wildman–Crippen LogP) is 6.19. The largest absolute Gasteiger partial charge is 0.345 e. The normalized spacial score (nSPS) is 10.8. The van der Waals surface area contributed by atoms with Gasteiger partial charge in [-0.05, 0) is 36.2 Å². The Hall–Kier alpha value is -2.83. The molecule has 0 saturated heterocycles. The third kappa shape index (κ3) is 5.66. The first-order valence-electron chi connectivity index (χ1n) is 10.0. The van der Waals surface area contributed by atoms with Crippen LogP contribution in [-0.4, -0.2) is 26.8 Å². The molecule has 6 nitrogen and oxygen atoms in total. The summed E-state index contributed by atoms with van der Waals surface area (Å²) in [7, 11) is 0. The number of halogens is 2. The number of carbonyl (C=O) groups is 1. The number of rotatable bonds is 9. The molecule has 0 spiro atoms. The van der Waals surface area contributed by atoms with Crippen molar-refractivity contribution < 1.29 is 9.72 Å². The van der Waals surface area contributed by atoms with Gasteiger partial charge < -0.3 is 9.47 Å². The Labute approximate surface area is 191 Å². The fourth-order valence-electron chi connectivity index (χ4n) is 3.32. The number of nitro groups is 1. The van der Waals surface area contributed by atoms with Crippen LogP contribution in [0.3, 0.4) is 0 Å². The average Bonchev–Trinajstić information content (AvgIpc) is 3.18. The highest BCUT2D eigenvalue weighted by molar-refractivity contribution is 6.34. The number of hydrogen-bond acceptors (Lipinski definition) is 3. The number of benzene rings is 2. The standard InChI is InChI=1S/C23H23Cl2N3O3/c1-2-3-12-27(23(29)20-11-10-18(28(30)31)14-22(20)25)16-19-8-6-13-26(19)15-17-7-4-5-9-21(17)24/h4-11,13-14H,2-3,12,15-16H2,1H3. The summed E-state index contributed by atoms with van der Waals surface area (Å²) >= 11 is 12.5. The van der Waals surface area contributed by atoms with Crippen LogP contribution in [0.2, 0.25) is 10.0 Å². The van der Waals surface area contributed by atoms with E-state index in [1.165, 1.54) is 18.2 Å². The molecule has 0 aliphatic carbocycles. The summed E-state index contributed by atoms with van der Waals surface area (Å²) < 4.78 is 2.06. The smallest absolute Gasteiger partial charge is 0.270 e. The minimum absolute atomic E-state index is 0.0761. The molecular weight excluding hydrogens is 437 g/mol. The van der Waals surface area contributed by atoms with Gasteiger partial charge in [-0.25, -0.2) is 0 Å². The van der Waals surface area contributed by atoms with Gasteiger partial charge >= 0.3 is 0 Å². The van der Waals surface area contributed by atoms with Gasteiger partial charge in [0.1, 0.15) is 0 Å². The van der Waals surface area contributed by atoms with E-state index >= 15 is 0 Å². The van der Waals surface area contributed by atoms with E-state index in [1.54, 1.807) is 4.90 Å². The summed E-state index contributed by atoms with van der Waals surface area (Å²) in [4.78, 5) is 25.4. The second-order valence-corrected chi connectivity index (χ2v) is 8.03. The number of nitrogens with zero attached hydrogens (tertiary/aromatic N) is 3. The number of non-ortho nitro benzene ring substituents is 1. The first kappa shape index (κ1) is 22.8. The molecule has 0 bridgehead atoms. The third-order valence-corrected chi connectivity index (χ3v) is 5.72. The van der Waals surface area contributed by atoms with Gasteiger partial charge in [-0.1, -0.05) is 54.7 Å². The van der Waals surface area contributed by atoms with Gasteiger partial charge in [-0.2, -0.15) is 0 Å². The molecule has 0 N–H and O–H groups in total. The van der Waals surface area contributed by atoms with Crippen LogP contribution >= 0.6 is 23.2 Å². The van der Waals surface area contributed by atoms with Crippen molar-refractivity contribution >= 4 is 34.8 Å². The van der Waals surface area contributed by atoms with Crippen molar-refractivity contribution in [2.45, 2.75) is 32.9 Å². The van der Waals surface area contributed by atoms with E-state index in [2.05, 4.69) is 11.5 Å². The predicted molar refractivity (Wildman–Crippen MR) is 123 cm³/mol. The molecule has 1 amide bonds. The highest BCUT2D eigenvalue weighted by atomic mass is 35.5. The minimum Gasteiger partial charge on any atom is -0.345 e. The third-order valence-electron chi connectivity index (χ3n) is 5.04. The molecule has 0 atom stereocenters. The number of nitro benzene ring substituents is 1. The van der Waals surface area contributed by atoms with E-state index in [9.17, 15) is 14.9 Å². The molecule has 0 unspecified atom stereocenters. The van der Waals surface area contributed by atoms with E-state index in [0.29, 0.717) is 24.7 Å². The van der Waals surface area contributed by atoms with Crippen molar-refractivity contribution in [2.24, 2.45) is 0 Å². The van der Waals surface area contributed by atoms with Crippen LogP contribution in [0.1, 0.15) is 41.4 Å². The fraction of sp³-hybridized carbons (Fsp3) is 0.261. The molecule has 3 rings (SSSR count). The maximum absolute atomic E-state index is 13.2. The zero-order valence-corrected chi connectivity index (χ0v) is 18.6. The van der Waals surface area contributed by atoms with Gasteiger partial charge in [0.2, 0.25) is 0 Å². The van der Waals surface area contributed by atoms with Crippen LogP contribution in [0.4, 0.5) is 5.69 Å². The summed E-state index contributed by atoms with van der Waals surface area (Å²) in [6.07, 6.45) is 3.72. The summed E-state index contributed by atoms with van der Waals surface area (Å²) in [6.45, 7) is 3.60. The van der Waals surface area contributed by atoms with E-state index in [0.717, 1.165) is 24.1 Å². The quantitative estimate of drug-likeness (QED) is 0.282. The van der Waals surface area contributed by atoms with Gasteiger partial charge in [-0.15, -0.1) is 0 Å². The molecule has 3 aromatic rings. The summed E-state index contributed by atoms with van der Waals surface area (Å²) in [5.74, 6) is -0.251. The highest BCUT2D eigenvalue weighted by Crippen LogP contribution is 2.25. The van der Waals surface area contributed by atoms with Crippen LogP contribution in [0.25, 0.3) is 0 Å². The lowest BCUT2D eigenvalue weighted by molar-refractivity contribution is -0.384. The minimum atomic E-state index is -0.531. The fourth-order valence-corrected chi connectivity index (χ4v) is 3.77. The Morgan fingerprint density at radius 1 is 1.10 bits per heavy atom. The molecule has 1 heterocycles. The number of carbonyl (C=O) groups excluding carboxylic acids is 1. The van der Waals surface area contributed by atoms with E-state index in [1.807, 2.05) is 42.6 Å². The van der Waals surface area contributed by atoms with E-state index in [4.69, 9.17) is 23.2 Å². The zero-order valence-electron chi connectivity index (χ0n) is 17.1. The maximum Gasteiger partial charge on any atom is 0.270 e. The number of unbranched alkanes of at least 4 members (excludes halogenated alkanes) is 1. The van der Waals surface area contributed by atoms with Gasteiger partial charge in [0.05, 0.1) is 22.1 Å². The van der Waals surface area contributed by atoms with Gasteiger partial charge in [0.15, 0.2) is 0 Å². The van der Waals surface area contributed by atoms with Gasteiger partial charge in [0.25, 0.3) is 11.6 Å². The van der Waals surface area contributed by atoms with Gasteiger partial charge in [0, 0.05) is 42.1 Å². The number of amides is 1. The van der Waals surface area contributed by atoms with Crippen LogP contribution in [0.15, 0.2) is 60.8 Å². The summed E-state index contributed by atoms with van der Waals surface area (Å²) in [5.41, 5.74) is 2.07. The van der Waals surface area contributed by atoms with Crippen molar-refractivity contribution in [1.82, 2.24) is 9.47 Å². The maximum atomic E-state index is 13.2. The Kier molecular flexibility index (Phi) is 7.71. The number of aromatic nitrogens is 1. The van der Waals surface area contributed by atoms with Crippen LogP contribution in [0, 0.1) is 10.1 Å². The van der Waals surface area contributed by atoms with Crippen molar-refractivity contribution in [3.63, 3.8) is 0 Å². The topological polar surface area (TPSA) is 68.4 Å². The molecule has 0 aliphatic rings. The molecule has 0 saturated carbocycles. The van der Waals surface area contributed by atoms with Crippen molar-refractivity contribution in [1.29, 1.82) is 0 Å². The van der Waals surface area contributed by atoms with Gasteiger partial charge in [-0.3, -0.25) is 14.9 Å². The molecule has 0 radical (unpaired) electrons. The molecule has 8 heteroatoms. The Bertz CT molecular complexity index is 1080. The summed E-state index contributed by atoms with van der Waals surface area (Å²) in [5, 5.41) is 11.7.